The van der Waals surface area contributed by atoms with Crippen LogP contribution < -0.4 is 16.0 Å². The molecular weight excluding hydrogens is 362 g/mol. The molecule has 1 aromatic rings. The van der Waals surface area contributed by atoms with Gasteiger partial charge in [0.05, 0.1) is 6.04 Å². The molecule has 0 saturated carbocycles. The average molecular weight is 389 g/mol. The lowest BCUT2D eigenvalue weighted by Gasteiger charge is -2.37. The minimum Gasteiger partial charge on any atom is -0.375 e. The van der Waals surface area contributed by atoms with E-state index in [0.717, 1.165) is 5.56 Å². The molecule has 3 unspecified atom stereocenters. The van der Waals surface area contributed by atoms with Gasteiger partial charge in [0.15, 0.2) is 0 Å². The zero-order valence-corrected chi connectivity index (χ0v) is 16.0. The molecule has 2 saturated heterocycles. The van der Waals surface area contributed by atoms with Crippen LogP contribution in [0.2, 0.25) is 0 Å². The van der Waals surface area contributed by atoms with Crippen LogP contribution in [0.25, 0.3) is 0 Å². The van der Waals surface area contributed by atoms with Gasteiger partial charge in [0.25, 0.3) is 0 Å². The number of hydrogen-bond acceptors (Lipinski definition) is 6. The van der Waals surface area contributed by atoms with Crippen LogP contribution >= 0.6 is 0 Å². The van der Waals surface area contributed by atoms with Gasteiger partial charge in [0, 0.05) is 57.6 Å². The van der Waals surface area contributed by atoms with E-state index in [1.807, 2.05) is 12.1 Å². The molecule has 0 aromatic carbocycles. The second-order valence-electron chi connectivity index (χ2n) is 7.22. The first-order chi connectivity index (χ1) is 13.6. The highest BCUT2D eigenvalue weighted by molar-refractivity contribution is 5.84. The number of rotatable bonds is 8. The van der Waals surface area contributed by atoms with Gasteiger partial charge in [-0.25, -0.2) is 0 Å². The molecule has 2 fully saturated rings. The fourth-order valence-electron chi connectivity index (χ4n) is 3.84. The number of ether oxygens (including phenoxy) is 1. The lowest BCUT2D eigenvalue weighted by atomic mass is 10.0. The number of methoxy groups -OCH3 is 1. The molecule has 0 radical (unpaired) electrons. The maximum atomic E-state index is 12.2. The second kappa shape index (κ2) is 9.61. The van der Waals surface area contributed by atoms with E-state index in [2.05, 4.69) is 25.8 Å². The van der Waals surface area contributed by atoms with Crippen molar-refractivity contribution in [1.82, 2.24) is 25.8 Å². The maximum absolute atomic E-state index is 12.2. The van der Waals surface area contributed by atoms with Crippen molar-refractivity contribution in [2.75, 3.05) is 26.8 Å². The number of hydrogen-bond donors (Lipinski definition) is 3. The van der Waals surface area contributed by atoms with Crippen LogP contribution in [0, 0.1) is 0 Å². The molecular formula is C19H27N5O4. The minimum atomic E-state index is -0.259. The molecule has 3 N–H and O–H groups in total. The molecule has 0 spiro atoms. The molecule has 1 aromatic heterocycles. The topological polar surface area (TPSA) is 113 Å². The fraction of sp³-hybridized carbons (Fsp3) is 0.579. The molecule has 3 atom stereocenters. The molecule has 3 rings (SSSR count). The summed E-state index contributed by atoms with van der Waals surface area (Å²) in [6, 6.07) is 3.48. The van der Waals surface area contributed by atoms with Crippen LogP contribution in [0.3, 0.4) is 0 Å². The summed E-state index contributed by atoms with van der Waals surface area (Å²) in [5.41, 5.74) is 0.954. The lowest BCUT2D eigenvalue weighted by Crippen LogP contribution is -2.58. The summed E-state index contributed by atoms with van der Waals surface area (Å²) in [7, 11) is 1.47. The van der Waals surface area contributed by atoms with Crippen LogP contribution in [0.4, 0.5) is 0 Å². The Hall–Kier alpha value is -2.52. The highest BCUT2D eigenvalue weighted by Crippen LogP contribution is 2.25. The Kier molecular flexibility index (Phi) is 6.94. The number of carbonyl (C=O) groups excluding carboxylic acids is 3. The predicted octanol–water partition coefficient (Wildman–Crippen LogP) is -0.818. The molecule has 0 bridgehead atoms. The summed E-state index contributed by atoms with van der Waals surface area (Å²) < 4.78 is 4.84. The summed E-state index contributed by atoms with van der Waals surface area (Å²) in [5, 5.41) is 8.74. The fourth-order valence-corrected chi connectivity index (χ4v) is 3.84. The Morgan fingerprint density at radius 2 is 2.25 bits per heavy atom. The molecule has 3 amide bonds. The van der Waals surface area contributed by atoms with Gasteiger partial charge in [0.2, 0.25) is 17.7 Å². The van der Waals surface area contributed by atoms with E-state index < -0.39 is 0 Å². The van der Waals surface area contributed by atoms with Crippen LogP contribution in [0.1, 0.15) is 24.8 Å². The van der Waals surface area contributed by atoms with Gasteiger partial charge in [-0.2, -0.15) is 0 Å². The van der Waals surface area contributed by atoms with E-state index >= 15 is 0 Å². The van der Waals surface area contributed by atoms with Gasteiger partial charge in [0.1, 0.15) is 6.61 Å². The van der Waals surface area contributed by atoms with Crippen molar-refractivity contribution in [3.05, 3.63) is 30.1 Å². The van der Waals surface area contributed by atoms with Gasteiger partial charge in [-0.1, -0.05) is 6.07 Å². The zero-order valence-electron chi connectivity index (χ0n) is 16.0. The lowest BCUT2D eigenvalue weighted by molar-refractivity contribution is -0.129. The van der Waals surface area contributed by atoms with Gasteiger partial charge >= 0.3 is 0 Å². The van der Waals surface area contributed by atoms with E-state index in [-0.39, 0.29) is 42.5 Å². The first-order valence-corrected chi connectivity index (χ1v) is 9.54. The summed E-state index contributed by atoms with van der Waals surface area (Å²) in [4.78, 5) is 42.3. The quantitative estimate of drug-likeness (QED) is 0.536. The molecule has 9 nitrogen and oxygen atoms in total. The number of pyridine rings is 1. The molecule has 3 heterocycles. The van der Waals surface area contributed by atoms with Crippen molar-refractivity contribution in [3.63, 3.8) is 0 Å². The third kappa shape index (κ3) is 5.26. The van der Waals surface area contributed by atoms with Crippen molar-refractivity contribution >= 4 is 17.7 Å². The first-order valence-electron chi connectivity index (χ1n) is 9.54. The summed E-state index contributed by atoms with van der Waals surface area (Å²) in [5.74, 6) is -0.221. The SMILES string of the molecule is COCC(=O)NC1CC2C(=O)NCC(CCC(=O)NCc3cccnc3)N2C1. The van der Waals surface area contributed by atoms with Gasteiger partial charge in [-0.05, 0) is 24.5 Å². The third-order valence-electron chi connectivity index (χ3n) is 5.18. The van der Waals surface area contributed by atoms with Crippen LogP contribution in [0.15, 0.2) is 24.5 Å². The number of amides is 3. The highest BCUT2D eigenvalue weighted by Gasteiger charge is 2.43. The van der Waals surface area contributed by atoms with Crippen molar-refractivity contribution in [3.8, 4) is 0 Å². The molecule has 28 heavy (non-hydrogen) atoms. The molecule has 0 aliphatic carbocycles. The monoisotopic (exact) mass is 389 g/mol. The number of aromatic nitrogens is 1. The third-order valence-corrected chi connectivity index (χ3v) is 5.18. The number of fused-ring (bicyclic) bond motifs is 1. The smallest absolute Gasteiger partial charge is 0.246 e. The number of carbonyl (C=O) groups is 3. The molecule has 2 aliphatic heterocycles. The summed E-state index contributed by atoms with van der Waals surface area (Å²) >= 11 is 0. The van der Waals surface area contributed by atoms with E-state index in [9.17, 15) is 14.4 Å². The maximum Gasteiger partial charge on any atom is 0.246 e. The largest absolute Gasteiger partial charge is 0.375 e. The summed E-state index contributed by atoms with van der Waals surface area (Å²) in [6.07, 6.45) is 5.02. The van der Waals surface area contributed by atoms with Gasteiger partial charge in [-0.3, -0.25) is 24.3 Å². The first kappa shape index (κ1) is 20.2. The second-order valence-corrected chi connectivity index (χ2v) is 7.22. The number of piperazine rings is 1. The predicted molar refractivity (Wildman–Crippen MR) is 101 cm³/mol. The molecule has 9 heteroatoms. The normalized spacial score (nSPS) is 24.3. The Morgan fingerprint density at radius 3 is 3.00 bits per heavy atom. The van der Waals surface area contributed by atoms with E-state index in [0.29, 0.717) is 38.9 Å². The van der Waals surface area contributed by atoms with Crippen LogP contribution in [-0.2, 0) is 25.7 Å². The molecule has 152 valence electrons. The Labute approximate surface area is 164 Å². The van der Waals surface area contributed by atoms with Crippen molar-refractivity contribution in [2.24, 2.45) is 0 Å². The van der Waals surface area contributed by atoms with Gasteiger partial charge in [-0.15, -0.1) is 0 Å². The number of nitrogens with zero attached hydrogens (tertiary/aromatic N) is 2. The van der Waals surface area contributed by atoms with E-state index in [4.69, 9.17) is 4.74 Å². The van der Waals surface area contributed by atoms with E-state index in [1.165, 1.54) is 7.11 Å². The van der Waals surface area contributed by atoms with Crippen molar-refractivity contribution < 1.29 is 19.1 Å². The minimum absolute atomic E-state index is 0.00783. The van der Waals surface area contributed by atoms with Gasteiger partial charge < -0.3 is 20.7 Å². The van der Waals surface area contributed by atoms with Crippen molar-refractivity contribution in [2.45, 2.75) is 43.9 Å². The Morgan fingerprint density at radius 1 is 1.39 bits per heavy atom. The van der Waals surface area contributed by atoms with E-state index in [1.54, 1.807) is 12.4 Å². The van der Waals surface area contributed by atoms with Crippen LogP contribution in [0.5, 0.6) is 0 Å². The molecule has 2 aliphatic rings. The Balaban J connectivity index is 1.48. The number of nitrogens with one attached hydrogen (secondary N) is 3. The standard InChI is InChI=1S/C19H27N5O4/c1-28-12-18(26)23-14-7-16-19(27)22-10-15(24(16)11-14)4-5-17(25)21-9-13-3-2-6-20-8-13/h2-3,6,8,14-16H,4-5,7,9-12H2,1H3,(H,21,25)(H,22,27)(H,23,26). The zero-order chi connectivity index (χ0) is 19.9. The van der Waals surface area contributed by atoms with Crippen molar-refractivity contribution in [1.29, 1.82) is 0 Å². The van der Waals surface area contributed by atoms with Crippen LogP contribution in [-0.4, -0.2) is 72.5 Å². The highest BCUT2D eigenvalue weighted by atomic mass is 16.5. The summed E-state index contributed by atoms with van der Waals surface area (Å²) in [6.45, 7) is 1.58. The Bertz CT molecular complexity index is 699. The average Bonchev–Trinajstić information content (AvgIpc) is 3.11.